The minimum atomic E-state index is -0.894. The van der Waals surface area contributed by atoms with Gasteiger partial charge in [0.2, 0.25) is 0 Å². The molecule has 0 saturated heterocycles. The summed E-state index contributed by atoms with van der Waals surface area (Å²) in [5, 5.41) is 10.2. The maximum absolute atomic E-state index is 13.0. The number of thiol groups is 1. The van der Waals surface area contributed by atoms with Crippen molar-refractivity contribution in [3.63, 3.8) is 0 Å². The predicted molar refractivity (Wildman–Crippen MR) is 62.5 cm³/mol. The lowest BCUT2D eigenvalue weighted by Gasteiger charge is -2.05. The fourth-order valence-electron chi connectivity index (χ4n) is 1.65. The Morgan fingerprint density at radius 2 is 2.06 bits per heavy atom. The van der Waals surface area contributed by atoms with Crippen LogP contribution in [0.5, 0.6) is 0 Å². The second-order valence-electron chi connectivity index (χ2n) is 3.55. The van der Waals surface area contributed by atoms with Gasteiger partial charge >= 0.3 is 5.97 Å². The van der Waals surface area contributed by atoms with Crippen molar-refractivity contribution >= 4 is 29.4 Å². The maximum atomic E-state index is 13.0. The first-order valence-electron chi connectivity index (χ1n) is 4.69. The molecule has 2 nitrogen and oxygen atoms in total. The zero-order valence-corrected chi connectivity index (χ0v) is 9.17. The van der Waals surface area contributed by atoms with Gasteiger partial charge in [0.1, 0.15) is 5.82 Å². The first kappa shape index (κ1) is 11.0. The van der Waals surface area contributed by atoms with Crippen molar-refractivity contribution in [1.82, 2.24) is 0 Å². The predicted octanol–water partition coefficient (Wildman–Crippen LogP) is 2.89. The van der Waals surface area contributed by atoms with Gasteiger partial charge in [-0.05, 0) is 34.5 Å². The Balaban J connectivity index is 2.59. The molecule has 16 heavy (non-hydrogen) atoms. The number of fused-ring (bicyclic) bond motifs is 1. The van der Waals surface area contributed by atoms with Gasteiger partial charge in [0, 0.05) is 4.90 Å². The number of carboxylic acid groups (broad SMARTS) is 1. The minimum absolute atomic E-state index is 0.0547. The molecule has 0 spiro atoms. The normalized spacial score (nSPS) is 10.6. The third-order valence-corrected chi connectivity index (χ3v) is 2.68. The van der Waals surface area contributed by atoms with Gasteiger partial charge in [-0.3, -0.25) is 4.79 Å². The summed E-state index contributed by atoms with van der Waals surface area (Å²) < 4.78 is 13.0. The number of carboxylic acids is 1. The van der Waals surface area contributed by atoms with E-state index in [9.17, 15) is 9.18 Å². The van der Waals surface area contributed by atoms with Gasteiger partial charge in [0.05, 0.1) is 6.42 Å². The number of hydrogen-bond donors (Lipinski definition) is 2. The number of carbonyl (C=O) groups is 1. The van der Waals surface area contributed by atoms with Crippen molar-refractivity contribution in [3.8, 4) is 0 Å². The molecule has 0 heterocycles. The standard InChI is InChI=1S/C12H9FO2S/c13-9-2-1-8-3-7(5-12(14)15)4-11(16)10(8)6-9/h1-4,6,16H,5H2,(H,14,15). The van der Waals surface area contributed by atoms with Crippen molar-refractivity contribution in [1.29, 1.82) is 0 Å². The van der Waals surface area contributed by atoms with E-state index < -0.39 is 5.97 Å². The number of halogens is 1. The van der Waals surface area contributed by atoms with E-state index in [1.807, 2.05) is 0 Å². The molecule has 0 aromatic heterocycles. The lowest BCUT2D eigenvalue weighted by molar-refractivity contribution is -0.136. The molecule has 0 amide bonds. The van der Waals surface area contributed by atoms with Crippen LogP contribution < -0.4 is 0 Å². The molecule has 1 N–H and O–H groups in total. The van der Waals surface area contributed by atoms with Crippen molar-refractivity contribution in [2.75, 3.05) is 0 Å². The molecule has 0 atom stereocenters. The lowest BCUT2D eigenvalue weighted by atomic mass is 10.0. The van der Waals surface area contributed by atoms with Crippen LogP contribution in [0, 0.1) is 5.82 Å². The van der Waals surface area contributed by atoms with Crippen molar-refractivity contribution in [2.24, 2.45) is 0 Å². The van der Waals surface area contributed by atoms with Crippen LogP contribution in [0.25, 0.3) is 10.8 Å². The Kier molecular flexibility index (Phi) is 2.83. The third kappa shape index (κ3) is 2.17. The Labute approximate surface area is 97.1 Å². The van der Waals surface area contributed by atoms with E-state index in [0.717, 1.165) is 5.39 Å². The summed E-state index contributed by atoms with van der Waals surface area (Å²) in [6.45, 7) is 0. The molecule has 0 aliphatic rings. The van der Waals surface area contributed by atoms with Gasteiger partial charge in [-0.2, -0.15) is 0 Å². The van der Waals surface area contributed by atoms with Gasteiger partial charge in [0.25, 0.3) is 0 Å². The molecular formula is C12H9FO2S. The van der Waals surface area contributed by atoms with Crippen LogP contribution in [0.15, 0.2) is 35.2 Å². The quantitative estimate of drug-likeness (QED) is 0.787. The molecule has 2 rings (SSSR count). The molecule has 0 aliphatic heterocycles. The highest BCUT2D eigenvalue weighted by molar-refractivity contribution is 7.80. The molecule has 0 saturated carbocycles. The van der Waals surface area contributed by atoms with E-state index in [-0.39, 0.29) is 12.2 Å². The SMILES string of the molecule is O=C(O)Cc1cc(S)c2cc(F)ccc2c1. The van der Waals surface area contributed by atoms with E-state index in [1.54, 1.807) is 18.2 Å². The fourth-order valence-corrected chi connectivity index (χ4v) is 2.01. The van der Waals surface area contributed by atoms with Crippen LogP contribution in [0.1, 0.15) is 5.56 Å². The average molecular weight is 236 g/mol. The number of aliphatic carboxylic acids is 1. The molecule has 0 aliphatic carbocycles. The summed E-state index contributed by atoms with van der Waals surface area (Å²) in [5.74, 6) is -1.22. The van der Waals surface area contributed by atoms with E-state index in [0.29, 0.717) is 15.8 Å². The Morgan fingerprint density at radius 1 is 1.31 bits per heavy atom. The van der Waals surface area contributed by atoms with Crippen molar-refractivity contribution in [3.05, 3.63) is 41.7 Å². The molecule has 82 valence electrons. The Bertz CT molecular complexity index is 566. The smallest absolute Gasteiger partial charge is 0.307 e. The molecule has 0 radical (unpaired) electrons. The summed E-state index contributed by atoms with van der Waals surface area (Å²) in [6.07, 6.45) is -0.0547. The average Bonchev–Trinajstić information content (AvgIpc) is 2.18. The number of hydrogen-bond acceptors (Lipinski definition) is 2. The molecular weight excluding hydrogens is 227 g/mol. The first-order chi connectivity index (χ1) is 7.56. The van der Waals surface area contributed by atoms with E-state index in [1.165, 1.54) is 12.1 Å². The summed E-state index contributed by atoms with van der Waals surface area (Å²) >= 11 is 4.23. The Morgan fingerprint density at radius 3 is 2.75 bits per heavy atom. The minimum Gasteiger partial charge on any atom is -0.481 e. The van der Waals surface area contributed by atoms with E-state index >= 15 is 0 Å². The van der Waals surface area contributed by atoms with E-state index in [2.05, 4.69) is 12.6 Å². The molecule has 4 heteroatoms. The van der Waals surface area contributed by atoms with Gasteiger partial charge in [-0.25, -0.2) is 4.39 Å². The van der Waals surface area contributed by atoms with Gasteiger partial charge in [-0.1, -0.05) is 12.1 Å². The number of benzene rings is 2. The monoisotopic (exact) mass is 236 g/mol. The van der Waals surface area contributed by atoms with Crippen LogP contribution in [0.2, 0.25) is 0 Å². The van der Waals surface area contributed by atoms with Crippen LogP contribution in [0.3, 0.4) is 0 Å². The lowest BCUT2D eigenvalue weighted by Crippen LogP contribution is -2.00. The second kappa shape index (κ2) is 4.14. The van der Waals surface area contributed by atoms with Crippen molar-refractivity contribution in [2.45, 2.75) is 11.3 Å². The van der Waals surface area contributed by atoms with Crippen LogP contribution >= 0.6 is 12.6 Å². The highest BCUT2D eigenvalue weighted by Gasteiger charge is 2.05. The molecule has 2 aromatic carbocycles. The third-order valence-electron chi connectivity index (χ3n) is 2.31. The summed E-state index contributed by atoms with van der Waals surface area (Å²) in [4.78, 5) is 11.2. The summed E-state index contributed by atoms with van der Waals surface area (Å²) in [6, 6.07) is 7.75. The maximum Gasteiger partial charge on any atom is 0.307 e. The van der Waals surface area contributed by atoms with Gasteiger partial charge in [-0.15, -0.1) is 12.6 Å². The highest BCUT2D eigenvalue weighted by atomic mass is 32.1. The highest BCUT2D eigenvalue weighted by Crippen LogP contribution is 2.25. The zero-order chi connectivity index (χ0) is 11.7. The molecule has 0 fully saturated rings. The number of rotatable bonds is 2. The summed E-state index contributed by atoms with van der Waals surface area (Å²) in [7, 11) is 0. The van der Waals surface area contributed by atoms with Crippen LogP contribution in [-0.2, 0) is 11.2 Å². The van der Waals surface area contributed by atoms with E-state index in [4.69, 9.17) is 5.11 Å². The molecule has 0 bridgehead atoms. The first-order valence-corrected chi connectivity index (χ1v) is 5.14. The van der Waals surface area contributed by atoms with Crippen LogP contribution in [-0.4, -0.2) is 11.1 Å². The molecule has 2 aromatic rings. The van der Waals surface area contributed by atoms with Crippen LogP contribution in [0.4, 0.5) is 4.39 Å². The van der Waals surface area contributed by atoms with Gasteiger partial charge in [0.15, 0.2) is 0 Å². The van der Waals surface area contributed by atoms with Crippen molar-refractivity contribution < 1.29 is 14.3 Å². The molecule has 0 unspecified atom stereocenters. The van der Waals surface area contributed by atoms with Gasteiger partial charge < -0.3 is 5.11 Å². The zero-order valence-electron chi connectivity index (χ0n) is 8.27. The summed E-state index contributed by atoms with van der Waals surface area (Å²) in [5.41, 5.74) is 0.664. The largest absolute Gasteiger partial charge is 0.481 e. The fraction of sp³-hybridized carbons (Fsp3) is 0.0833. The second-order valence-corrected chi connectivity index (χ2v) is 4.03. The topological polar surface area (TPSA) is 37.3 Å². The Hall–Kier alpha value is -1.55.